The largest absolute Gasteiger partial charge is 0.493 e. The molecule has 2 aromatic carbocycles. The van der Waals surface area contributed by atoms with Gasteiger partial charge in [0.15, 0.2) is 11.5 Å². The van der Waals surface area contributed by atoms with E-state index in [1.54, 1.807) is 24.3 Å². The molecule has 32 heavy (non-hydrogen) atoms. The average molecular weight is 463 g/mol. The van der Waals surface area contributed by atoms with Gasteiger partial charge in [0.25, 0.3) is 0 Å². The number of hydrogen-bond acceptors (Lipinski definition) is 7. The number of nitrogens with one attached hydrogen (secondary N) is 1. The lowest BCUT2D eigenvalue weighted by Gasteiger charge is -2.31. The van der Waals surface area contributed by atoms with E-state index in [0.29, 0.717) is 36.6 Å². The Kier molecular flexibility index (Phi) is 7.37. The minimum Gasteiger partial charge on any atom is -0.493 e. The summed E-state index contributed by atoms with van der Waals surface area (Å²) in [5.74, 6) is -0.758. The maximum Gasteiger partial charge on any atom is 0.339 e. The Morgan fingerprint density at radius 2 is 1.75 bits per heavy atom. The van der Waals surface area contributed by atoms with Gasteiger partial charge in [0.2, 0.25) is 15.9 Å². The van der Waals surface area contributed by atoms with Crippen molar-refractivity contribution in [3.63, 3.8) is 0 Å². The van der Waals surface area contributed by atoms with Crippen molar-refractivity contribution in [2.45, 2.75) is 17.7 Å². The zero-order chi connectivity index (χ0) is 23.3. The molecule has 9 nitrogen and oxygen atoms in total. The standard InChI is InChI=1S/C22H26N2O7S/c1-29-19-11-10-16(13-20(19)30-2)32(27,28)24-12-6-7-15(14-24)21(25)23-18-9-5-4-8-17(18)22(26)31-3/h4-5,8-11,13,15H,6-7,12,14H2,1-3H3,(H,23,25). The summed E-state index contributed by atoms with van der Waals surface area (Å²) in [7, 11) is 0.325. The van der Waals surface area contributed by atoms with Crippen LogP contribution < -0.4 is 14.8 Å². The molecule has 0 bridgehead atoms. The number of para-hydroxylation sites is 1. The quantitative estimate of drug-likeness (QED) is 0.630. The second-order valence-electron chi connectivity index (χ2n) is 7.25. The molecule has 1 unspecified atom stereocenters. The molecule has 3 rings (SSSR count). The van der Waals surface area contributed by atoms with Gasteiger partial charge in [-0.25, -0.2) is 13.2 Å². The average Bonchev–Trinajstić information content (AvgIpc) is 2.83. The van der Waals surface area contributed by atoms with Crippen LogP contribution in [-0.2, 0) is 19.6 Å². The minimum atomic E-state index is -3.84. The summed E-state index contributed by atoms with van der Waals surface area (Å²) < 4.78 is 42.8. The summed E-state index contributed by atoms with van der Waals surface area (Å²) in [6, 6.07) is 10.9. The SMILES string of the molecule is COC(=O)c1ccccc1NC(=O)C1CCCN(S(=O)(=O)c2ccc(OC)c(OC)c2)C1. The number of carbonyl (C=O) groups excluding carboxylic acids is 2. The van der Waals surface area contributed by atoms with E-state index < -0.39 is 21.9 Å². The Labute approximate surface area is 187 Å². The van der Waals surface area contributed by atoms with E-state index in [4.69, 9.17) is 14.2 Å². The molecular formula is C22H26N2O7S. The normalized spacial score (nSPS) is 16.8. The zero-order valence-corrected chi connectivity index (χ0v) is 19.0. The smallest absolute Gasteiger partial charge is 0.339 e. The highest BCUT2D eigenvalue weighted by atomic mass is 32.2. The first kappa shape index (κ1) is 23.6. The number of rotatable bonds is 7. The Bertz CT molecular complexity index is 1100. The lowest BCUT2D eigenvalue weighted by molar-refractivity contribution is -0.120. The molecule has 2 aromatic rings. The molecule has 1 fully saturated rings. The van der Waals surface area contributed by atoms with Crippen molar-refractivity contribution in [1.29, 1.82) is 0 Å². The molecular weight excluding hydrogens is 436 g/mol. The van der Waals surface area contributed by atoms with Gasteiger partial charge in [-0.2, -0.15) is 4.31 Å². The minimum absolute atomic E-state index is 0.0307. The number of methoxy groups -OCH3 is 3. The van der Waals surface area contributed by atoms with Gasteiger partial charge in [-0.05, 0) is 37.1 Å². The topological polar surface area (TPSA) is 111 Å². The van der Waals surface area contributed by atoms with Crippen molar-refractivity contribution in [3.05, 3.63) is 48.0 Å². The molecule has 1 aliphatic rings. The molecule has 0 spiro atoms. The first-order valence-corrected chi connectivity index (χ1v) is 11.5. The number of piperidine rings is 1. The molecule has 1 aliphatic heterocycles. The van der Waals surface area contributed by atoms with Crippen LogP contribution in [0.15, 0.2) is 47.4 Å². The van der Waals surface area contributed by atoms with Gasteiger partial charge in [-0.1, -0.05) is 12.1 Å². The second-order valence-corrected chi connectivity index (χ2v) is 9.18. The molecule has 1 N–H and O–H groups in total. The zero-order valence-electron chi connectivity index (χ0n) is 18.2. The Morgan fingerprint density at radius 1 is 1.03 bits per heavy atom. The summed E-state index contributed by atoms with van der Waals surface area (Å²) in [5.41, 5.74) is 0.554. The van der Waals surface area contributed by atoms with Gasteiger partial charge in [0.05, 0.1) is 43.4 Å². The molecule has 10 heteroatoms. The fourth-order valence-corrected chi connectivity index (χ4v) is 5.16. The van der Waals surface area contributed by atoms with Crippen LogP contribution >= 0.6 is 0 Å². The summed E-state index contributed by atoms with van der Waals surface area (Å²) in [5, 5.41) is 2.74. The number of hydrogen-bond donors (Lipinski definition) is 1. The van der Waals surface area contributed by atoms with Crippen LogP contribution in [0.3, 0.4) is 0 Å². The van der Waals surface area contributed by atoms with Gasteiger partial charge in [-0.15, -0.1) is 0 Å². The van der Waals surface area contributed by atoms with Gasteiger partial charge < -0.3 is 19.5 Å². The molecule has 0 radical (unpaired) electrons. The number of nitrogens with zero attached hydrogens (tertiary/aromatic N) is 1. The third kappa shape index (κ3) is 4.86. The van der Waals surface area contributed by atoms with E-state index in [1.165, 1.54) is 43.8 Å². The van der Waals surface area contributed by atoms with Crippen molar-refractivity contribution in [3.8, 4) is 11.5 Å². The van der Waals surface area contributed by atoms with E-state index in [-0.39, 0.29) is 22.9 Å². The van der Waals surface area contributed by atoms with Crippen molar-refractivity contribution in [2.24, 2.45) is 5.92 Å². The van der Waals surface area contributed by atoms with Crippen molar-refractivity contribution >= 4 is 27.6 Å². The summed E-state index contributed by atoms with van der Waals surface area (Å²) in [6.45, 7) is 0.335. The molecule has 1 saturated heterocycles. The summed E-state index contributed by atoms with van der Waals surface area (Å²) >= 11 is 0. The summed E-state index contributed by atoms with van der Waals surface area (Å²) in [4.78, 5) is 24.9. The molecule has 0 saturated carbocycles. The van der Waals surface area contributed by atoms with Crippen molar-refractivity contribution in [1.82, 2.24) is 4.31 Å². The molecule has 1 amide bonds. The highest BCUT2D eigenvalue weighted by Gasteiger charge is 2.34. The Balaban J connectivity index is 1.78. The predicted molar refractivity (Wildman–Crippen MR) is 117 cm³/mol. The van der Waals surface area contributed by atoms with Crippen molar-refractivity contribution < 1.29 is 32.2 Å². The number of benzene rings is 2. The first-order chi connectivity index (χ1) is 15.3. The number of ether oxygens (including phenoxy) is 3. The summed E-state index contributed by atoms with van der Waals surface area (Å²) in [6.07, 6.45) is 1.06. The monoisotopic (exact) mass is 462 g/mol. The number of carbonyl (C=O) groups is 2. The van der Waals surface area contributed by atoms with Crippen LogP contribution in [0.5, 0.6) is 11.5 Å². The fraction of sp³-hybridized carbons (Fsp3) is 0.364. The van der Waals surface area contributed by atoms with Gasteiger partial charge in [0, 0.05) is 19.2 Å². The Hall–Kier alpha value is -3.11. The van der Waals surface area contributed by atoms with Crippen LogP contribution in [0.25, 0.3) is 0 Å². The number of esters is 1. The molecule has 0 aliphatic carbocycles. The second kappa shape index (κ2) is 10.0. The third-order valence-electron chi connectivity index (χ3n) is 5.34. The first-order valence-electron chi connectivity index (χ1n) is 10.0. The highest BCUT2D eigenvalue weighted by Crippen LogP contribution is 2.32. The maximum absolute atomic E-state index is 13.2. The third-order valence-corrected chi connectivity index (χ3v) is 7.20. The molecule has 1 heterocycles. The number of amides is 1. The van der Waals surface area contributed by atoms with Gasteiger partial charge in [0.1, 0.15) is 0 Å². The van der Waals surface area contributed by atoms with E-state index in [9.17, 15) is 18.0 Å². The molecule has 1 atom stereocenters. The highest BCUT2D eigenvalue weighted by molar-refractivity contribution is 7.89. The molecule has 172 valence electrons. The lowest BCUT2D eigenvalue weighted by atomic mass is 9.98. The van der Waals surface area contributed by atoms with E-state index in [1.807, 2.05) is 0 Å². The van der Waals surface area contributed by atoms with Crippen LogP contribution in [-0.4, -0.2) is 59.0 Å². The van der Waals surface area contributed by atoms with Gasteiger partial charge in [-0.3, -0.25) is 4.79 Å². The van der Waals surface area contributed by atoms with E-state index >= 15 is 0 Å². The number of sulfonamides is 1. The van der Waals surface area contributed by atoms with E-state index in [0.717, 1.165) is 0 Å². The fourth-order valence-electron chi connectivity index (χ4n) is 3.62. The van der Waals surface area contributed by atoms with Crippen LogP contribution in [0, 0.1) is 5.92 Å². The van der Waals surface area contributed by atoms with Crippen LogP contribution in [0.4, 0.5) is 5.69 Å². The molecule has 0 aromatic heterocycles. The van der Waals surface area contributed by atoms with Gasteiger partial charge >= 0.3 is 5.97 Å². The number of anilines is 1. The van der Waals surface area contributed by atoms with Crippen molar-refractivity contribution in [2.75, 3.05) is 39.7 Å². The lowest BCUT2D eigenvalue weighted by Crippen LogP contribution is -2.43. The predicted octanol–water partition coefficient (Wildman–Crippen LogP) is 2.53. The van der Waals surface area contributed by atoms with E-state index in [2.05, 4.69) is 5.32 Å². The Morgan fingerprint density at radius 3 is 2.44 bits per heavy atom. The maximum atomic E-state index is 13.2. The van der Waals surface area contributed by atoms with Crippen LogP contribution in [0.2, 0.25) is 0 Å². The van der Waals surface area contributed by atoms with Crippen LogP contribution in [0.1, 0.15) is 23.2 Å².